The van der Waals surface area contributed by atoms with Crippen LogP contribution in [0.2, 0.25) is 5.02 Å². The van der Waals surface area contributed by atoms with Crippen LogP contribution in [-0.4, -0.2) is 11.2 Å². The van der Waals surface area contributed by atoms with Crippen LogP contribution in [0.25, 0.3) is 0 Å². The predicted molar refractivity (Wildman–Crippen MR) is 43.1 cm³/mol. The van der Waals surface area contributed by atoms with Gasteiger partial charge in [-0.25, -0.2) is 9.18 Å². The molecule has 0 aliphatic carbocycles. The molecule has 0 aromatic heterocycles. The van der Waals surface area contributed by atoms with Gasteiger partial charge in [0.15, 0.2) is 0 Å². The van der Waals surface area contributed by atoms with Crippen molar-refractivity contribution in [1.29, 1.82) is 0 Å². The maximum Gasteiger partial charge on any atom is 0.409 e. The van der Waals surface area contributed by atoms with E-state index in [-0.39, 0.29) is 10.7 Å². The lowest BCUT2D eigenvalue weighted by Crippen LogP contribution is -2.08. The van der Waals surface area contributed by atoms with Crippen LogP contribution in [0.4, 0.5) is 14.9 Å². The highest BCUT2D eigenvalue weighted by Crippen LogP contribution is 2.18. The Hall–Kier alpha value is -1.29. The molecule has 0 fully saturated rings. The van der Waals surface area contributed by atoms with Crippen molar-refractivity contribution in [3.05, 3.63) is 29.0 Å². The Balaban J connectivity index is 2.93. The first-order valence-electron chi connectivity index (χ1n) is 3.04. The Bertz CT molecular complexity index is 316. The van der Waals surface area contributed by atoms with Crippen LogP contribution in [-0.2, 0) is 0 Å². The van der Waals surface area contributed by atoms with Crippen LogP contribution >= 0.6 is 11.6 Å². The van der Waals surface area contributed by atoms with E-state index in [9.17, 15) is 9.18 Å². The van der Waals surface area contributed by atoms with Crippen molar-refractivity contribution >= 4 is 23.4 Å². The molecule has 1 aromatic rings. The molecule has 3 nitrogen and oxygen atoms in total. The van der Waals surface area contributed by atoms with Crippen LogP contribution in [0.5, 0.6) is 0 Å². The van der Waals surface area contributed by atoms with Gasteiger partial charge in [-0.1, -0.05) is 11.6 Å². The largest absolute Gasteiger partial charge is 0.465 e. The molecule has 0 saturated carbocycles. The van der Waals surface area contributed by atoms with Crippen molar-refractivity contribution in [3.8, 4) is 0 Å². The summed E-state index contributed by atoms with van der Waals surface area (Å²) in [6.07, 6.45) is -1.31. The minimum atomic E-state index is -1.31. The number of nitrogens with one attached hydrogen (secondary N) is 1. The van der Waals surface area contributed by atoms with E-state index in [0.717, 1.165) is 6.07 Å². The number of amides is 1. The molecular formula is C7H5ClFNO2. The molecule has 0 aliphatic rings. The lowest BCUT2D eigenvalue weighted by atomic mass is 10.3. The molecule has 2 N–H and O–H groups in total. The summed E-state index contributed by atoms with van der Waals surface area (Å²) in [5.74, 6) is -0.690. The van der Waals surface area contributed by atoms with Crippen LogP contribution < -0.4 is 5.32 Å². The number of rotatable bonds is 1. The predicted octanol–water partition coefficient (Wildman–Crippen LogP) is 2.57. The molecule has 0 spiro atoms. The summed E-state index contributed by atoms with van der Waals surface area (Å²) in [7, 11) is 0. The highest BCUT2D eigenvalue weighted by molar-refractivity contribution is 6.30. The first-order valence-corrected chi connectivity index (χ1v) is 3.42. The number of anilines is 1. The lowest BCUT2D eigenvalue weighted by molar-refractivity contribution is 0.209. The van der Waals surface area contributed by atoms with Crippen molar-refractivity contribution in [1.82, 2.24) is 0 Å². The summed E-state index contributed by atoms with van der Waals surface area (Å²) >= 11 is 5.44. The number of hydrogen-bond donors (Lipinski definition) is 2. The maximum atomic E-state index is 12.8. The van der Waals surface area contributed by atoms with Crippen LogP contribution in [0, 0.1) is 5.82 Å². The number of hydrogen-bond acceptors (Lipinski definition) is 1. The molecule has 64 valence electrons. The SMILES string of the molecule is O=C(O)Nc1ccc(Cl)cc1F. The van der Waals surface area contributed by atoms with E-state index in [1.807, 2.05) is 5.32 Å². The molecular weight excluding hydrogens is 185 g/mol. The van der Waals surface area contributed by atoms with E-state index < -0.39 is 11.9 Å². The summed E-state index contributed by atoms with van der Waals surface area (Å²) in [5.41, 5.74) is -0.105. The molecule has 1 rings (SSSR count). The zero-order valence-electron chi connectivity index (χ0n) is 5.84. The van der Waals surface area contributed by atoms with Gasteiger partial charge >= 0.3 is 6.09 Å². The third-order valence-corrected chi connectivity index (χ3v) is 1.41. The van der Waals surface area contributed by atoms with E-state index in [2.05, 4.69) is 0 Å². The number of carbonyl (C=O) groups is 1. The van der Waals surface area contributed by atoms with E-state index >= 15 is 0 Å². The second-order valence-electron chi connectivity index (χ2n) is 2.05. The summed E-state index contributed by atoms with van der Waals surface area (Å²) in [5, 5.41) is 10.4. The molecule has 0 radical (unpaired) electrons. The van der Waals surface area contributed by atoms with E-state index in [0.29, 0.717) is 0 Å². The Morgan fingerprint density at radius 3 is 2.75 bits per heavy atom. The standard InChI is InChI=1S/C7H5ClFNO2/c8-4-1-2-6(5(9)3-4)10-7(11)12/h1-3,10H,(H,11,12). The van der Waals surface area contributed by atoms with E-state index in [1.165, 1.54) is 12.1 Å². The normalized spacial score (nSPS) is 9.50. The molecule has 1 amide bonds. The number of benzene rings is 1. The Morgan fingerprint density at radius 1 is 1.58 bits per heavy atom. The zero-order valence-corrected chi connectivity index (χ0v) is 6.60. The van der Waals surface area contributed by atoms with Gasteiger partial charge in [0.2, 0.25) is 0 Å². The quantitative estimate of drug-likeness (QED) is 0.713. The molecule has 0 bridgehead atoms. The third kappa shape index (κ3) is 2.10. The first kappa shape index (κ1) is 8.80. The minimum absolute atomic E-state index is 0.105. The molecule has 1 aromatic carbocycles. The number of carboxylic acid groups (broad SMARTS) is 1. The van der Waals surface area contributed by atoms with Gasteiger partial charge in [0.1, 0.15) is 5.82 Å². The minimum Gasteiger partial charge on any atom is -0.465 e. The van der Waals surface area contributed by atoms with Crippen LogP contribution in [0.3, 0.4) is 0 Å². The van der Waals surface area contributed by atoms with E-state index in [1.54, 1.807) is 0 Å². The van der Waals surface area contributed by atoms with E-state index in [4.69, 9.17) is 16.7 Å². The fourth-order valence-electron chi connectivity index (χ4n) is 0.706. The second kappa shape index (κ2) is 3.40. The summed E-state index contributed by atoms with van der Waals surface area (Å²) in [6, 6.07) is 3.69. The maximum absolute atomic E-state index is 12.8. The molecule has 0 aliphatic heterocycles. The molecule has 0 saturated heterocycles. The van der Waals surface area contributed by atoms with Crippen LogP contribution in [0.1, 0.15) is 0 Å². The first-order chi connectivity index (χ1) is 5.59. The smallest absolute Gasteiger partial charge is 0.409 e. The molecule has 0 heterocycles. The fourth-order valence-corrected chi connectivity index (χ4v) is 0.865. The lowest BCUT2D eigenvalue weighted by Gasteiger charge is -2.01. The third-order valence-electron chi connectivity index (χ3n) is 1.17. The molecule has 12 heavy (non-hydrogen) atoms. The Morgan fingerprint density at radius 2 is 2.25 bits per heavy atom. The van der Waals surface area contributed by atoms with Gasteiger partial charge in [0.05, 0.1) is 5.69 Å². The van der Waals surface area contributed by atoms with Crippen molar-refractivity contribution in [2.24, 2.45) is 0 Å². The van der Waals surface area contributed by atoms with Gasteiger partial charge in [-0.3, -0.25) is 5.32 Å². The number of halogens is 2. The van der Waals surface area contributed by atoms with Gasteiger partial charge in [-0.2, -0.15) is 0 Å². The molecule has 0 atom stereocenters. The zero-order chi connectivity index (χ0) is 9.14. The van der Waals surface area contributed by atoms with Crippen molar-refractivity contribution in [2.75, 3.05) is 5.32 Å². The molecule has 0 unspecified atom stereocenters. The average Bonchev–Trinajstić information content (AvgIpc) is 1.94. The topological polar surface area (TPSA) is 49.3 Å². The highest BCUT2D eigenvalue weighted by atomic mass is 35.5. The van der Waals surface area contributed by atoms with Gasteiger partial charge in [-0.15, -0.1) is 0 Å². The summed E-state index contributed by atoms with van der Waals surface area (Å²) in [6.45, 7) is 0. The van der Waals surface area contributed by atoms with Crippen molar-refractivity contribution in [2.45, 2.75) is 0 Å². The summed E-state index contributed by atoms with van der Waals surface area (Å²) in [4.78, 5) is 10.1. The van der Waals surface area contributed by atoms with Gasteiger partial charge in [0, 0.05) is 5.02 Å². The monoisotopic (exact) mass is 189 g/mol. The highest BCUT2D eigenvalue weighted by Gasteiger charge is 2.04. The van der Waals surface area contributed by atoms with Gasteiger partial charge < -0.3 is 5.11 Å². The average molecular weight is 190 g/mol. The second-order valence-corrected chi connectivity index (χ2v) is 2.49. The fraction of sp³-hybridized carbons (Fsp3) is 0. The van der Waals surface area contributed by atoms with Gasteiger partial charge in [0.25, 0.3) is 0 Å². The van der Waals surface area contributed by atoms with Crippen LogP contribution in [0.15, 0.2) is 18.2 Å². The van der Waals surface area contributed by atoms with Crippen molar-refractivity contribution in [3.63, 3.8) is 0 Å². The van der Waals surface area contributed by atoms with Crippen molar-refractivity contribution < 1.29 is 14.3 Å². The summed E-state index contributed by atoms with van der Waals surface area (Å²) < 4.78 is 12.8. The Kier molecular flexibility index (Phi) is 2.50. The Labute approximate surface area is 72.8 Å². The molecule has 5 heteroatoms. The van der Waals surface area contributed by atoms with Gasteiger partial charge in [-0.05, 0) is 18.2 Å².